The second-order valence-corrected chi connectivity index (χ2v) is 11.9. The number of aromatic amines is 1. The van der Waals surface area contributed by atoms with Gasteiger partial charge in [0.15, 0.2) is 4.80 Å². The zero-order valence-corrected chi connectivity index (χ0v) is 26.9. The Morgan fingerprint density at radius 2 is 1.87 bits per heavy atom. The molecule has 0 unspecified atom stereocenters. The molecule has 45 heavy (non-hydrogen) atoms. The van der Waals surface area contributed by atoms with E-state index in [1.54, 1.807) is 43.9 Å². The van der Waals surface area contributed by atoms with Crippen molar-refractivity contribution >= 4 is 45.9 Å². The lowest BCUT2D eigenvalue weighted by Gasteiger charge is -2.27. The van der Waals surface area contributed by atoms with Crippen molar-refractivity contribution in [2.45, 2.75) is 32.7 Å². The molecule has 0 saturated heterocycles. The van der Waals surface area contributed by atoms with E-state index in [0.717, 1.165) is 34.1 Å². The van der Waals surface area contributed by atoms with E-state index in [1.165, 1.54) is 11.3 Å². The quantitative estimate of drug-likeness (QED) is 0.188. The van der Waals surface area contributed by atoms with Crippen LogP contribution in [0.2, 0.25) is 5.02 Å². The molecule has 10 heteroatoms. The van der Waals surface area contributed by atoms with Gasteiger partial charge in [-0.2, -0.15) is 0 Å². The molecular formula is C35H32ClN3O5S. The Labute approximate surface area is 268 Å². The number of fused-ring (bicyclic) bond motifs is 2. The molecule has 0 radical (unpaired) electrons. The van der Waals surface area contributed by atoms with Crippen LogP contribution in [-0.2, 0) is 9.53 Å². The van der Waals surface area contributed by atoms with Crippen LogP contribution in [0, 0.1) is 0 Å². The first kappa shape index (κ1) is 30.4. The minimum absolute atomic E-state index is 0.178. The van der Waals surface area contributed by atoms with Gasteiger partial charge in [-0.05, 0) is 61.4 Å². The molecule has 0 amide bonds. The van der Waals surface area contributed by atoms with Crippen molar-refractivity contribution in [1.82, 2.24) is 9.55 Å². The highest BCUT2D eigenvalue weighted by Gasteiger charge is 2.36. The number of H-pyrrole nitrogens is 1. The molecule has 0 fully saturated rings. The zero-order valence-electron chi connectivity index (χ0n) is 25.3. The van der Waals surface area contributed by atoms with E-state index in [9.17, 15) is 9.59 Å². The van der Waals surface area contributed by atoms with Crippen molar-refractivity contribution in [1.29, 1.82) is 0 Å². The van der Waals surface area contributed by atoms with Crippen LogP contribution in [0.15, 0.2) is 87.8 Å². The van der Waals surface area contributed by atoms with Crippen LogP contribution in [0.3, 0.4) is 0 Å². The number of nitrogens with one attached hydrogen (secondary N) is 1. The standard InChI is InChI=1S/C35H32ClN3O5S/c1-5-10-27-30(34(41)44-6-2)32(25-17-21(36)13-16-28(25)43-4)39-33(40)29(45-35(39)38-27)19-24-23-18-22(42-3)14-15-26(23)37-31(24)20-11-8-7-9-12-20/h7-9,11-19,32,37H,5-6,10H2,1-4H3/b29-19+/t32-/m1/s1. The highest BCUT2D eigenvalue weighted by molar-refractivity contribution is 7.07. The second-order valence-electron chi connectivity index (χ2n) is 10.5. The number of thiazole rings is 1. The SMILES string of the molecule is CCCC1=C(C(=O)OCC)[C@@H](c2cc(Cl)ccc2OC)n2c(s/c(=C/c3c(-c4ccccc4)[nH]c4ccc(OC)cc34)c2=O)=N1. The number of methoxy groups -OCH3 is 2. The van der Waals surface area contributed by atoms with Gasteiger partial charge in [0.25, 0.3) is 5.56 Å². The maximum Gasteiger partial charge on any atom is 0.338 e. The van der Waals surface area contributed by atoms with Crippen molar-refractivity contribution in [3.8, 4) is 22.8 Å². The third-order valence-corrected chi connectivity index (χ3v) is 8.98. The number of hydrogen-bond acceptors (Lipinski definition) is 7. The average molecular weight is 642 g/mol. The average Bonchev–Trinajstić information content (AvgIpc) is 3.57. The van der Waals surface area contributed by atoms with Crippen LogP contribution in [0.25, 0.3) is 28.2 Å². The minimum atomic E-state index is -0.852. The molecule has 230 valence electrons. The monoisotopic (exact) mass is 641 g/mol. The zero-order chi connectivity index (χ0) is 31.7. The Bertz CT molecular complexity index is 2130. The predicted octanol–water partition coefficient (Wildman–Crippen LogP) is 6.40. The number of carbonyl (C=O) groups is 1. The summed E-state index contributed by atoms with van der Waals surface area (Å²) in [6.07, 6.45) is 3.16. The third-order valence-electron chi connectivity index (χ3n) is 7.76. The number of nitrogens with zero attached hydrogens (tertiary/aromatic N) is 2. The number of hydrogen-bond donors (Lipinski definition) is 1. The number of allylic oxidation sites excluding steroid dienone is 1. The third kappa shape index (κ3) is 5.58. The van der Waals surface area contributed by atoms with Gasteiger partial charge in [0.2, 0.25) is 0 Å². The smallest absolute Gasteiger partial charge is 0.338 e. The Balaban J connectivity index is 1.67. The molecule has 2 aromatic heterocycles. The van der Waals surface area contributed by atoms with Gasteiger partial charge in [-0.25, -0.2) is 9.79 Å². The summed E-state index contributed by atoms with van der Waals surface area (Å²) in [6, 6.07) is 20.1. The van der Waals surface area contributed by atoms with Crippen LogP contribution in [0.1, 0.15) is 43.9 Å². The maximum absolute atomic E-state index is 14.5. The highest BCUT2D eigenvalue weighted by Crippen LogP contribution is 2.38. The summed E-state index contributed by atoms with van der Waals surface area (Å²) in [5, 5.41) is 1.36. The van der Waals surface area contributed by atoms with Crippen LogP contribution >= 0.6 is 22.9 Å². The van der Waals surface area contributed by atoms with Crippen LogP contribution in [0.4, 0.5) is 0 Å². The first-order valence-corrected chi connectivity index (χ1v) is 15.9. The number of aromatic nitrogens is 2. The molecule has 5 aromatic rings. The maximum atomic E-state index is 14.5. The molecule has 0 saturated carbocycles. The van der Waals surface area contributed by atoms with Crippen molar-refractivity contribution in [2.75, 3.05) is 20.8 Å². The number of rotatable bonds is 9. The Kier molecular flexibility index (Phi) is 8.65. The van der Waals surface area contributed by atoms with Crippen LogP contribution in [0.5, 0.6) is 11.5 Å². The van der Waals surface area contributed by atoms with E-state index in [4.69, 9.17) is 30.8 Å². The normalized spacial score (nSPS) is 14.8. The molecule has 3 heterocycles. The first-order chi connectivity index (χ1) is 21.9. The first-order valence-electron chi connectivity index (χ1n) is 14.7. The number of carbonyl (C=O) groups excluding carboxylic acids is 1. The Hall–Kier alpha value is -4.60. The number of ether oxygens (including phenoxy) is 3. The van der Waals surface area contributed by atoms with Gasteiger partial charge in [0, 0.05) is 27.1 Å². The van der Waals surface area contributed by atoms with Crippen molar-refractivity contribution in [2.24, 2.45) is 4.99 Å². The summed E-state index contributed by atoms with van der Waals surface area (Å²) < 4.78 is 18.8. The molecule has 1 atom stereocenters. The van der Waals surface area contributed by atoms with Gasteiger partial charge in [-0.3, -0.25) is 9.36 Å². The molecule has 0 aliphatic carbocycles. The summed E-state index contributed by atoms with van der Waals surface area (Å²) in [7, 11) is 3.18. The minimum Gasteiger partial charge on any atom is -0.497 e. The molecule has 0 spiro atoms. The van der Waals surface area contributed by atoms with Gasteiger partial charge >= 0.3 is 5.97 Å². The van der Waals surface area contributed by atoms with E-state index in [0.29, 0.717) is 49.1 Å². The lowest BCUT2D eigenvalue weighted by atomic mass is 9.93. The summed E-state index contributed by atoms with van der Waals surface area (Å²) >= 11 is 7.76. The number of benzene rings is 3. The van der Waals surface area contributed by atoms with E-state index >= 15 is 0 Å². The van der Waals surface area contributed by atoms with E-state index < -0.39 is 12.0 Å². The molecular weight excluding hydrogens is 610 g/mol. The van der Waals surface area contributed by atoms with Crippen molar-refractivity contribution in [3.63, 3.8) is 0 Å². The number of esters is 1. The van der Waals surface area contributed by atoms with Gasteiger partial charge in [0.1, 0.15) is 17.5 Å². The van der Waals surface area contributed by atoms with Gasteiger partial charge in [-0.15, -0.1) is 0 Å². The molecule has 1 aliphatic heterocycles. The van der Waals surface area contributed by atoms with E-state index in [2.05, 4.69) is 4.98 Å². The van der Waals surface area contributed by atoms with Gasteiger partial charge < -0.3 is 19.2 Å². The lowest BCUT2D eigenvalue weighted by molar-refractivity contribution is -0.139. The Morgan fingerprint density at radius 1 is 1.07 bits per heavy atom. The highest BCUT2D eigenvalue weighted by atomic mass is 35.5. The van der Waals surface area contributed by atoms with Crippen molar-refractivity contribution < 1.29 is 19.0 Å². The lowest BCUT2D eigenvalue weighted by Crippen LogP contribution is -2.40. The topological polar surface area (TPSA) is 94.9 Å². The molecule has 1 aliphatic rings. The molecule has 6 rings (SSSR count). The fourth-order valence-electron chi connectivity index (χ4n) is 5.77. The molecule has 1 N–H and O–H groups in total. The fourth-order valence-corrected chi connectivity index (χ4v) is 6.95. The summed E-state index contributed by atoms with van der Waals surface area (Å²) in [5.74, 6) is 0.670. The Morgan fingerprint density at radius 3 is 2.58 bits per heavy atom. The molecule has 0 bridgehead atoms. The fraction of sp³-hybridized carbons (Fsp3) is 0.229. The largest absolute Gasteiger partial charge is 0.497 e. The van der Waals surface area contributed by atoms with Crippen LogP contribution in [-0.4, -0.2) is 36.3 Å². The molecule has 8 nitrogen and oxygen atoms in total. The van der Waals surface area contributed by atoms with Crippen LogP contribution < -0.4 is 24.4 Å². The summed E-state index contributed by atoms with van der Waals surface area (Å²) in [4.78, 5) is 37.0. The second kappa shape index (κ2) is 12.8. The van der Waals surface area contributed by atoms with Crippen molar-refractivity contribution in [3.05, 3.63) is 114 Å². The van der Waals surface area contributed by atoms with Gasteiger partial charge in [0.05, 0.1) is 42.3 Å². The van der Waals surface area contributed by atoms with E-state index in [-0.39, 0.29) is 12.2 Å². The predicted molar refractivity (Wildman–Crippen MR) is 178 cm³/mol. The van der Waals surface area contributed by atoms with E-state index in [1.807, 2.05) is 61.5 Å². The summed E-state index contributed by atoms with van der Waals surface area (Å²) in [6.45, 7) is 3.95. The molecule has 3 aromatic carbocycles. The number of halogens is 1. The van der Waals surface area contributed by atoms with Gasteiger partial charge in [-0.1, -0.05) is 66.6 Å². The summed E-state index contributed by atoms with van der Waals surface area (Å²) in [5.41, 5.74) is 4.77.